The highest BCUT2D eigenvalue weighted by atomic mass is 16.1. The van der Waals surface area contributed by atoms with Crippen LogP contribution in [0.15, 0.2) is 18.5 Å². The van der Waals surface area contributed by atoms with E-state index in [0.29, 0.717) is 31.8 Å². The molecule has 1 saturated heterocycles. The van der Waals surface area contributed by atoms with E-state index in [1.807, 2.05) is 37.0 Å². The zero-order valence-corrected chi connectivity index (χ0v) is 10.3. The van der Waals surface area contributed by atoms with Gasteiger partial charge in [-0.3, -0.25) is 14.5 Å². The number of ketones is 2. The molecule has 0 radical (unpaired) electrons. The number of nitrogens with zero attached hydrogens (tertiary/aromatic N) is 2. The molecule has 0 aliphatic carbocycles. The Bertz CT molecular complexity index is 436. The summed E-state index contributed by atoms with van der Waals surface area (Å²) >= 11 is 0. The van der Waals surface area contributed by atoms with E-state index in [2.05, 4.69) is 4.90 Å². The molecule has 1 aromatic heterocycles. The van der Waals surface area contributed by atoms with Crippen molar-refractivity contribution >= 4 is 11.6 Å². The monoisotopic (exact) mass is 234 g/mol. The summed E-state index contributed by atoms with van der Waals surface area (Å²) < 4.78 is 1.87. The van der Waals surface area contributed by atoms with Gasteiger partial charge in [-0.05, 0) is 6.07 Å². The molecule has 1 aliphatic heterocycles. The van der Waals surface area contributed by atoms with Gasteiger partial charge in [0.25, 0.3) is 0 Å². The van der Waals surface area contributed by atoms with Crippen LogP contribution in [-0.4, -0.2) is 40.7 Å². The van der Waals surface area contributed by atoms with Gasteiger partial charge in [0.15, 0.2) is 5.78 Å². The van der Waals surface area contributed by atoms with E-state index >= 15 is 0 Å². The lowest BCUT2D eigenvalue weighted by Gasteiger charge is -2.29. The second-order valence-corrected chi connectivity index (χ2v) is 4.84. The van der Waals surface area contributed by atoms with Crippen LogP contribution in [0.1, 0.15) is 23.7 Å². The van der Waals surface area contributed by atoms with Crippen molar-refractivity contribution in [3.63, 3.8) is 0 Å². The van der Waals surface area contributed by atoms with Crippen LogP contribution in [0, 0.1) is 5.92 Å². The standard InChI is InChI=1S/C13H18N2O2/c1-10-7-15(6-4-12(10)16)9-13(17)11-3-5-14(2)8-11/h3,5,8,10H,4,6-7,9H2,1-2H3. The Morgan fingerprint density at radius 1 is 1.53 bits per heavy atom. The van der Waals surface area contributed by atoms with Crippen molar-refractivity contribution in [3.05, 3.63) is 24.0 Å². The molecular formula is C13H18N2O2. The summed E-state index contributed by atoms with van der Waals surface area (Å²) in [5.41, 5.74) is 0.747. The predicted octanol–water partition coefficient (Wildman–Crippen LogP) is 1.12. The minimum atomic E-state index is 0.0623. The van der Waals surface area contributed by atoms with Crippen molar-refractivity contribution in [2.24, 2.45) is 13.0 Å². The van der Waals surface area contributed by atoms with Gasteiger partial charge in [0.05, 0.1) is 6.54 Å². The topological polar surface area (TPSA) is 42.3 Å². The number of hydrogen-bond donors (Lipinski definition) is 0. The van der Waals surface area contributed by atoms with Crippen molar-refractivity contribution in [1.82, 2.24) is 9.47 Å². The minimum absolute atomic E-state index is 0.0623. The third-order valence-corrected chi connectivity index (χ3v) is 3.28. The molecule has 0 bridgehead atoms. The van der Waals surface area contributed by atoms with Crippen molar-refractivity contribution in [2.75, 3.05) is 19.6 Å². The molecule has 0 aromatic carbocycles. The summed E-state index contributed by atoms with van der Waals surface area (Å²) in [7, 11) is 1.90. The Hall–Kier alpha value is -1.42. The summed E-state index contributed by atoms with van der Waals surface area (Å²) in [4.78, 5) is 25.4. The maximum absolute atomic E-state index is 12.0. The number of carbonyl (C=O) groups is 2. The second kappa shape index (κ2) is 4.84. The van der Waals surface area contributed by atoms with Crippen LogP contribution >= 0.6 is 0 Å². The number of aromatic nitrogens is 1. The number of likely N-dealkylation sites (tertiary alicyclic amines) is 1. The first-order valence-electron chi connectivity index (χ1n) is 5.96. The molecule has 2 heterocycles. The molecule has 4 heteroatoms. The Morgan fingerprint density at radius 3 is 2.88 bits per heavy atom. The summed E-state index contributed by atoms with van der Waals surface area (Å²) in [5, 5.41) is 0. The number of aryl methyl sites for hydroxylation is 1. The second-order valence-electron chi connectivity index (χ2n) is 4.84. The van der Waals surface area contributed by atoms with Crippen LogP contribution in [0.3, 0.4) is 0 Å². The Labute approximate surface area is 101 Å². The fourth-order valence-electron chi connectivity index (χ4n) is 2.20. The molecule has 0 N–H and O–H groups in total. The van der Waals surface area contributed by atoms with Crippen LogP contribution in [0.25, 0.3) is 0 Å². The highest BCUT2D eigenvalue weighted by molar-refractivity contribution is 5.97. The number of carbonyl (C=O) groups excluding carboxylic acids is 2. The number of piperidine rings is 1. The van der Waals surface area contributed by atoms with E-state index in [-0.39, 0.29) is 11.7 Å². The summed E-state index contributed by atoms with van der Waals surface area (Å²) in [6.45, 7) is 3.77. The van der Waals surface area contributed by atoms with Crippen molar-refractivity contribution in [2.45, 2.75) is 13.3 Å². The van der Waals surface area contributed by atoms with Crippen LogP contribution in [0.5, 0.6) is 0 Å². The minimum Gasteiger partial charge on any atom is -0.357 e. The smallest absolute Gasteiger partial charge is 0.178 e. The fourth-order valence-corrected chi connectivity index (χ4v) is 2.20. The van der Waals surface area contributed by atoms with E-state index in [1.54, 1.807) is 0 Å². The lowest BCUT2D eigenvalue weighted by atomic mass is 9.98. The highest BCUT2D eigenvalue weighted by Gasteiger charge is 2.24. The van der Waals surface area contributed by atoms with E-state index in [0.717, 1.165) is 5.56 Å². The highest BCUT2D eigenvalue weighted by Crippen LogP contribution is 2.13. The molecule has 0 amide bonds. The van der Waals surface area contributed by atoms with E-state index in [4.69, 9.17) is 0 Å². The lowest BCUT2D eigenvalue weighted by molar-refractivity contribution is -0.125. The lowest BCUT2D eigenvalue weighted by Crippen LogP contribution is -2.42. The van der Waals surface area contributed by atoms with Gasteiger partial charge < -0.3 is 4.57 Å². The molecule has 0 saturated carbocycles. The number of hydrogen-bond acceptors (Lipinski definition) is 3. The van der Waals surface area contributed by atoms with Crippen LogP contribution in [-0.2, 0) is 11.8 Å². The maximum Gasteiger partial charge on any atom is 0.178 e. The molecule has 0 spiro atoms. The molecular weight excluding hydrogens is 216 g/mol. The molecule has 1 atom stereocenters. The van der Waals surface area contributed by atoms with Crippen LogP contribution in [0.4, 0.5) is 0 Å². The van der Waals surface area contributed by atoms with Gasteiger partial charge >= 0.3 is 0 Å². The van der Waals surface area contributed by atoms with Gasteiger partial charge in [-0.25, -0.2) is 0 Å². The molecule has 1 unspecified atom stereocenters. The third-order valence-electron chi connectivity index (χ3n) is 3.28. The van der Waals surface area contributed by atoms with Crippen molar-refractivity contribution in [1.29, 1.82) is 0 Å². The normalized spacial score (nSPS) is 21.8. The Kier molecular flexibility index (Phi) is 3.43. The first-order chi connectivity index (χ1) is 8.06. The zero-order chi connectivity index (χ0) is 12.4. The summed E-state index contributed by atoms with van der Waals surface area (Å²) in [6, 6.07) is 1.83. The summed E-state index contributed by atoms with van der Waals surface area (Å²) in [6.07, 6.45) is 4.28. The largest absolute Gasteiger partial charge is 0.357 e. The SMILES string of the molecule is CC1CN(CC(=O)c2ccn(C)c2)CCC1=O. The van der Waals surface area contributed by atoms with Crippen molar-refractivity contribution < 1.29 is 9.59 Å². The first kappa shape index (κ1) is 12.0. The first-order valence-corrected chi connectivity index (χ1v) is 5.96. The molecule has 1 aromatic rings. The van der Waals surface area contributed by atoms with Gasteiger partial charge in [0.2, 0.25) is 0 Å². The molecule has 17 heavy (non-hydrogen) atoms. The maximum atomic E-state index is 12.0. The average Bonchev–Trinajstić information content (AvgIpc) is 2.70. The number of rotatable bonds is 3. The van der Waals surface area contributed by atoms with Gasteiger partial charge in [0.1, 0.15) is 5.78 Å². The summed E-state index contributed by atoms with van der Waals surface area (Å²) in [5.74, 6) is 0.507. The van der Waals surface area contributed by atoms with E-state index in [1.165, 1.54) is 0 Å². The molecule has 1 fully saturated rings. The van der Waals surface area contributed by atoms with Gasteiger partial charge in [-0.1, -0.05) is 6.92 Å². The van der Waals surface area contributed by atoms with E-state index < -0.39 is 0 Å². The average molecular weight is 234 g/mol. The predicted molar refractivity (Wildman–Crippen MR) is 65.0 cm³/mol. The number of Topliss-reactive ketones (excluding diaryl/α,β-unsaturated/α-hetero) is 2. The van der Waals surface area contributed by atoms with Gasteiger partial charge in [0, 0.05) is 50.4 Å². The molecule has 1 aliphatic rings. The molecule has 2 rings (SSSR count). The Morgan fingerprint density at radius 2 is 2.29 bits per heavy atom. The molecule has 4 nitrogen and oxygen atoms in total. The van der Waals surface area contributed by atoms with Crippen LogP contribution in [0.2, 0.25) is 0 Å². The van der Waals surface area contributed by atoms with Crippen molar-refractivity contribution in [3.8, 4) is 0 Å². The van der Waals surface area contributed by atoms with Gasteiger partial charge in [-0.2, -0.15) is 0 Å². The third kappa shape index (κ3) is 2.82. The zero-order valence-electron chi connectivity index (χ0n) is 10.3. The van der Waals surface area contributed by atoms with E-state index in [9.17, 15) is 9.59 Å². The fraction of sp³-hybridized carbons (Fsp3) is 0.538. The Balaban J connectivity index is 1.93. The molecule has 92 valence electrons. The van der Waals surface area contributed by atoms with Crippen LogP contribution < -0.4 is 0 Å². The quantitative estimate of drug-likeness (QED) is 0.736. The van der Waals surface area contributed by atoms with Gasteiger partial charge in [-0.15, -0.1) is 0 Å².